The molecule has 1 N–H and O–H groups in total. The lowest BCUT2D eigenvalue weighted by Crippen LogP contribution is -2.52. The number of ether oxygens (including phenoxy) is 1. The van der Waals surface area contributed by atoms with Gasteiger partial charge in [-0.1, -0.05) is 18.2 Å². The molecule has 174 valence electrons. The molecule has 0 spiro atoms. The quantitative estimate of drug-likeness (QED) is 0.764. The fourth-order valence-electron chi connectivity index (χ4n) is 4.97. The molecule has 2 fully saturated rings. The molecule has 7 nitrogen and oxygen atoms in total. The number of aryl methyl sites for hydroxylation is 2. The highest BCUT2D eigenvalue weighted by Gasteiger charge is 2.36. The number of nitrogens with zero attached hydrogens (tertiary/aromatic N) is 4. The minimum Gasteiger partial charge on any atom is -0.393 e. The average molecular weight is 441 g/mol. The third kappa shape index (κ3) is 5.21. The first kappa shape index (κ1) is 22.9. The van der Waals surface area contributed by atoms with Crippen LogP contribution in [0.1, 0.15) is 48.3 Å². The second kappa shape index (κ2) is 10.1. The van der Waals surface area contributed by atoms with Crippen molar-refractivity contribution >= 4 is 17.6 Å². The number of amides is 2. The van der Waals surface area contributed by atoms with Gasteiger partial charge in [-0.3, -0.25) is 4.99 Å². The highest BCUT2D eigenvalue weighted by Crippen LogP contribution is 2.33. The Labute approximate surface area is 191 Å². The van der Waals surface area contributed by atoms with Crippen molar-refractivity contribution in [1.82, 2.24) is 9.80 Å². The van der Waals surface area contributed by atoms with Crippen LogP contribution in [0.25, 0.3) is 0 Å². The summed E-state index contributed by atoms with van der Waals surface area (Å²) >= 11 is 0. The van der Waals surface area contributed by atoms with Crippen LogP contribution in [0.5, 0.6) is 0 Å². The number of aliphatic imine (C=N–C) groups is 2. The first-order valence-electron chi connectivity index (χ1n) is 11.8. The number of amidine groups is 1. The molecule has 3 heterocycles. The summed E-state index contributed by atoms with van der Waals surface area (Å²) in [5.41, 5.74) is 4.97. The number of carbonyl (C=O) groups is 1. The zero-order valence-electron chi connectivity index (χ0n) is 19.6. The molecule has 2 amide bonds. The SMILES string of the molecule is COCCC1=NCC(C2CC(c3ccc(C)c(C)c3)CN(C(=O)N3CCC(O)CC3)C2)=N1. The molecule has 0 aliphatic carbocycles. The van der Waals surface area contributed by atoms with Crippen LogP contribution in [0.15, 0.2) is 28.2 Å². The Kier molecular flexibility index (Phi) is 7.26. The molecule has 1 aromatic rings. The smallest absolute Gasteiger partial charge is 0.320 e. The minimum atomic E-state index is -0.285. The van der Waals surface area contributed by atoms with Crippen molar-refractivity contribution in [3.8, 4) is 0 Å². The molecular formula is C25H36N4O3. The van der Waals surface area contributed by atoms with Crippen LogP contribution >= 0.6 is 0 Å². The van der Waals surface area contributed by atoms with Crippen molar-refractivity contribution < 1.29 is 14.6 Å². The van der Waals surface area contributed by atoms with Crippen LogP contribution in [0, 0.1) is 19.8 Å². The van der Waals surface area contributed by atoms with Gasteiger partial charge in [-0.05, 0) is 49.8 Å². The van der Waals surface area contributed by atoms with Crippen LogP contribution in [0.2, 0.25) is 0 Å². The molecule has 7 heteroatoms. The molecule has 3 aliphatic heterocycles. The summed E-state index contributed by atoms with van der Waals surface area (Å²) in [5.74, 6) is 1.34. The van der Waals surface area contributed by atoms with E-state index in [2.05, 4.69) is 37.0 Å². The maximum atomic E-state index is 13.4. The standard InChI is InChI=1S/C25H36N4O3/c1-17-4-5-19(12-18(17)2)20-13-21(23-14-26-24(27-23)8-11-32-3)16-29(15-20)25(31)28-9-6-22(30)7-10-28/h4-5,12,20-22,30H,6-11,13-16H2,1-3H3. The van der Waals surface area contributed by atoms with Crippen molar-refractivity contribution in [2.75, 3.05) is 46.4 Å². The van der Waals surface area contributed by atoms with Gasteiger partial charge in [0.05, 0.1) is 19.3 Å². The number of urea groups is 1. The number of methoxy groups -OCH3 is 1. The Morgan fingerprint density at radius 1 is 1.12 bits per heavy atom. The fourth-order valence-corrected chi connectivity index (χ4v) is 4.97. The number of rotatable bonds is 5. The summed E-state index contributed by atoms with van der Waals surface area (Å²) in [6, 6.07) is 6.77. The number of carbonyl (C=O) groups excluding carboxylic acids is 1. The van der Waals surface area contributed by atoms with Gasteiger partial charge in [0.15, 0.2) is 0 Å². The number of likely N-dealkylation sites (tertiary alicyclic amines) is 2. The van der Waals surface area contributed by atoms with Gasteiger partial charge in [0, 0.05) is 57.3 Å². The van der Waals surface area contributed by atoms with Gasteiger partial charge in [0.25, 0.3) is 0 Å². The third-order valence-corrected chi connectivity index (χ3v) is 7.16. The number of aliphatic hydroxyl groups is 1. The van der Waals surface area contributed by atoms with Gasteiger partial charge in [-0.15, -0.1) is 0 Å². The zero-order valence-corrected chi connectivity index (χ0v) is 19.6. The fraction of sp³-hybridized carbons (Fsp3) is 0.640. The van der Waals surface area contributed by atoms with Crippen molar-refractivity contribution in [1.29, 1.82) is 0 Å². The van der Waals surface area contributed by atoms with Crippen LogP contribution in [-0.4, -0.2) is 85.0 Å². The minimum absolute atomic E-state index is 0.0922. The second-order valence-corrected chi connectivity index (χ2v) is 9.46. The summed E-state index contributed by atoms with van der Waals surface area (Å²) in [4.78, 5) is 26.8. The largest absolute Gasteiger partial charge is 0.393 e. The van der Waals surface area contributed by atoms with Crippen molar-refractivity contribution in [3.63, 3.8) is 0 Å². The molecule has 0 bridgehead atoms. The van der Waals surface area contributed by atoms with Crippen LogP contribution in [-0.2, 0) is 4.74 Å². The Morgan fingerprint density at radius 2 is 1.88 bits per heavy atom. The van der Waals surface area contributed by atoms with Crippen LogP contribution in [0.3, 0.4) is 0 Å². The molecular weight excluding hydrogens is 404 g/mol. The molecule has 2 atom stereocenters. The van der Waals surface area contributed by atoms with E-state index in [9.17, 15) is 9.90 Å². The molecule has 32 heavy (non-hydrogen) atoms. The monoisotopic (exact) mass is 440 g/mol. The molecule has 2 saturated heterocycles. The summed E-state index contributed by atoms with van der Waals surface area (Å²) in [7, 11) is 1.69. The second-order valence-electron chi connectivity index (χ2n) is 9.46. The van der Waals surface area contributed by atoms with Gasteiger partial charge < -0.3 is 19.6 Å². The molecule has 1 aromatic carbocycles. The van der Waals surface area contributed by atoms with Crippen molar-refractivity contribution in [2.45, 2.75) is 51.6 Å². The van der Waals surface area contributed by atoms with Crippen molar-refractivity contribution in [3.05, 3.63) is 34.9 Å². The van der Waals surface area contributed by atoms with E-state index in [1.165, 1.54) is 16.7 Å². The topological polar surface area (TPSA) is 77.7 Å². The third-order valence-electron chi connectivity index (χ3n) is 7.16. The molecule has 0 radical (unpaired) electrons. The lowest BCUT2D eigenvalue weighted by molar-refractivity contribution is 0.0752. The maximum absolute atomic E-state index is 13.4. The molecule has 0 aromatic heterocycles. The number of aliphatic hydroxyl groups excluding tert-OH is 1. The summed E-state index contributed by atoms with van der Waals surface area (Å²) in [6.07, 6.45) is 2.75. The maximum Gasteiger partial charge on any atom is 0.320 e. The summed E-state index contributed by atoms with van der Waals surface area (Å²) in [5, 5.41) is 9.84. The Morgan fingerprint density at radius 3 is 2.59 bits per heavy atom. The van der Waals surface area contributed by atoms with Gasteiger partial charge in [0.2, 0.25) is 0 Å². The highest BCUT2D eigenvalue weighted by atomic mass is 16.5. The number of benzene rings is 1. The molecule has 0 saturated carbocycles. The van der Waals surface area contributed by atoms with E-state index >= 15 is 0 Å². The Balaban J connectivity index is 1.54. The highest BCUT2D eigenvalue weighted by molar-refractivity contribution is 6.05. The van der Waals surface area contributed by atoms with E-state index in [-0.39, 0.29) is 24.0 Å². The van der Waals surface area contributed by atoms with Crippen LogP contribution < -0.4 is 0 Å². The van der Waals surface area contributed by atoms with E-state index in [1.807, 2.05) is 9.80 Å². The lowest BCUT2D eigenvalue weighted by atomic mass is 9.81. The van der Waals surface area contributed by atoms with Gasteiger partial charge in [0.1, 0.15) is 5.84 Å². The summed E-state index contributed by atoms with van der Waals surface area (Å²) < 4.78 is 5.18. The van der Waals surface area contributed by atoms with Gasteiger partial charge in [-0.25, -0.2) is 9.79 Å². The zero-order chi connectivity index (χ0) is 22.7. The number of hydrogen-bond acceptors (Lipinski definition) is 5. The lowest BCUT2D eigenvalue weighted by Gasteiger charge is -2.41. The normalized spacial score (nSPS) is 24.5. The van der Waals surface area contributed by atoms with E-state index in [4.69, 9.17) is 9.73 Å². The molecule has 3 aliphatic rings. The number of hydrogen-bond donors (Lipinski definition) is 1. The first-order valence-corrected chi connectivity index (χ1v) is 11.8. The predicted octanol–water partition coefficient (Wildman–Crippen LogP) is 3.18. The van der Waals surface area contributed by atoms with E-state index in [0.29, 0.717) is 45.6 Å². The predicted molar refractivity (Wildman–Crippen MR) is 127 cm³/mol. The Bertz CT molecular complexity index is 889. The Hall–Kier alpha value is -2.25. The number of piperidine rings is 2. The van der Waals surface area contributed by atoms with Gasteiger partial charge in [-0.2, -0.15) is 0 Å². The van der Waals surface area contributed by atoms with Gasteiger partial charge >= 0.3 is 6.03 Å². The molecule has 2 unspecified atom stereocenters. The summed E-state index contributed by atoms with van der Waals surface area (Å²) in [6.45, 7) is 8.19. The van der Waals surface area contributed by atoms with E-state index in [0.717, 1.165) is 30.9 Å². The van der Waals surface area contributed by atoms with E-state index < -0.39 is 0 Å². The van der Waals surface area contributed by atoms with Crippen molar-refractivity contribution in [2.24, 2.45) is 15.9 Å². The molecule has 4 rings (SSSR count). The van der Waals surface area contributed by atoms with E-state index in [1.54, 1.807) is 7.11 Å². The average Bonchev–Trinajstić information content (AvgIpc) is 3.28. The first-order chi connectivity index (χ1) is 15.4. The van der Waals surface area contributed by atoms with Crippen LogP contribution in [0.4, 0.5) is 4.79 Å².